The third-order valence-electron chi connectivity index (χ3n) is 6.34. The number of carbonyl (C=O) groups is 1. The van der Waals surface area contributed by atoms with Crippen molar-refractivity contribution < 1.29 is 54.2 Å². The van der Waals surface area contributed by atoms with Crippen LogP contribution in [-0.2, 0) is 34.6 Å². The lowest BCUT2D eigenvalue weighted by atomic mass is 9.96. The molecule has 40 heavy (non-hydrogen) atoms. The lowest BCUT2D eigenvalue weighted by molar-refractivity contribution is -0.143. The van der Waals surface area contributed by atoms with E-state index in [1.165, 1.54) is 4.90 Å². The van der Waals surface area contributed by atoms with E-state index in [4.69, 9.17) is 4.74 Å². The normalized spacial score (nSPS) is 17.4. The fraction of sp³-hybridized carbons (Fsp3) is 0.500. The number of aliphatic hydroxyl groups excluding tert-OH is 1. The molecule has 0 fully saturated rings. The second-order valence-corrected chi connectivity index (χ2v) is 9.69. The smallest absolute Gasteiger partial charge is 0.351 e. The van der Waals surface area contributed by atoms with Gasteiger partial charge in [0.1, 0.15) is 0 Å². The van der Waals surface area contributed by atoms with E-state index < -0.39 is 71.8 Å². The van der Waals surface area contributed by atoms with Gasteiger partial charge in [0, 0.05) is 25.7 Å². The summed E-state index contributed by atoms with van der Waals surface area (Å²) in [6.07, 6.45) is -16.9. The van der Waals surface area contributed by atoms with E-state index in [-0.39, 0.29) is 36.7 Å². The van der Waals surface area contributed by atoms with Gasteiger partial charge in [-0.3, -0.25) is 4.79 Å². The van der Waals surface area contributed by atoms with Gasteiger partial charge < -0.3 is 19.6 Å². The maximum absolute atomic E-state index is 13.6. The van der Waals surface area contributed by atoms with Crippen molar-refractivity contribution in [2.75, 3.05) is 11.4 Å². The van der Waals surface area contributed by atoms with Crippen LogP contribution in [0.3, 0.4) is 0 Å². The van der Waals surface area contributed by atoms with Crippen LogP contribution in [0.15, 0.2) is 36.4 Å². The Bertz CT molecular complexity index is 1180. The molecule has 0 bridgehead atoms. The van der Waals surface area contributed by atoms with Crippen LogP contribution in [-0.4, -0.2) is 35.0 Å². The third-order valence-corrected chi connectivity index (χ3v) is 6.34. The van der Waals surface area contributed by atoms with Crippen molar-refractivity contribution >= 4 is 11.6 Å². The SMILES string of the molecule is CC(=O)N(Cc1cc(C(F)(F)F)cc(C(F)(F)F)c1)C1CCCN(C(O)OC(C)C)c2cc(C(F)(F)F)ccc21. The third kappa shape index (κ3) is 7.39. The summed E-state index contributed by atoms with van der Waals surface area (Å²) in [4.78, 5) is 14.9. The summed E-state index contributed by atoms with van der Waals surface area (Å²) in [5, 5.41) is 10.6. The lowest BCUT2D eigenvalue weighted by Gasteiger charge is -2.34. The molecule has 1 N–H and O–H groups in total. The Labute approximate surface area is 224 Å². The molecule has 1 heterocycles. The number of anilines is 1. The van der Waals surface area contributed by atoms with E-state index in [1.807, 2.05) is 0 Å². The molecule has 0 saturated heterocycles. The zero-order valence-corrected chi connectivity index (χ0v) is 21.6. The second kappa shape index (κ2) is 11.5. The monoisotopic (exact) mass is 586 g/mol. The Morgan fingerprint density at radius 3 is 1.98 bits per heavy atom. The summed E-state index contributed by atoms with van der Waals surface area (Å²) in [7, 11) is 0. The van der Waals surface area contributed by atoms with Crippen molar-refractivity contribution in [2.24, 2.45) is 0 Å². The van der Waals surface area contributed by atoms with Gasteiger partial charge in [0.15, 0.2) is 0 Å². The summed E-state index contributed by atoms with van der Waals surface area (Å²) in [6.45, 7) is 3.56. The van der Waals surface area contributed by atoms with Gasteiger partial charge in [-0.15, -0.1) is 0 Å². The number of amides is 1. The van der Waals surface area contributed by atoms with Gasteiger partial charge in [-0.2, -0.15) is 39.5 Å². The Hall–Kier alpha value is -3.00. The number of hydrogen-bond acceptors (Lipinski definition) is 4. The van der Waals surface area contributed by atoms with E-state index in [0.717, 1.165) is 30.0 Å². The first kappa shape index (κ1) is 31.5. The van der Waals surface area contributed by atoms with Gasteiger partial charge >= 0.3 is 18.5 Å². The molecule has 5 nitrogen and oxygen atoms in total. The molecule has 0 spiro atoms. The molecule has 2 unspecified atom stereocenters. The number of carbonyl (C=O) groups excluding carboxylic acids is 1. The fourth-order valence-corrected chi connectivity index (χ4v) is 4.60. The molecule has 2 aromatic carbocycles. The zero-order chi connectivity index (χ0) is 30.2. The van der Waals surface area contributed by atoms with Crippen LogP contribution >= 0.6 is 0 Å². The van der Waals surface area contributed by atoms with Crippen molar-refractivity contribution in [1.29, 1.82) is 0 Å². The van der Waals surface area contributed by atoms with Crippen molar-refractivity contribution in [3.63, 3.8) is 0 Å². The van der Waals surface area contributed by atoms with Crippen LogP contribution < -0.4 is 4.90 Å². The molecule has 2 atom stereocenters. The number of benzene rings is 2. The zero-order valence-electron chi connectivity index (χ0n) is 21.6. The number of alkyl halides is 9. The Balaban J connectivity index is 2.13. The number of halogens is 9. The molecule has 2 aromatic rings. The molecule has 1 amide bonds. The summed E-state index contributed by atoms with van der Waals surface area (Å²) in [5.41, 5.74) is -4.65. The quantitative estimate of drug-likeness (QED) is 0.289. The van der Waals surface area contributed by atoms with Crippen molar-refractivity contribution in [3.05, 3.63) is 64.2 Å². The fourth-order valence-electron chi connectivity index (χ4n) is 4.60. The second-order valence-electron chi connectivity index (χ2n) is 9.69. The number of nitrogens with zero attached hydrogens (tertiary/aromatic N) is 2. The minimum atomic E-state index is -5.10. The highest BCUT2D eigenvalue weighted by molar-refractivity contribution is 5.74. The van der Waals surface area contributed by atoms with Crippen molar-refractivity contribution in [2.45, 2.75) is 77.2 Å². The summed E-state index contributed by atoms with van der Waals surface area (Å²) >= 11 is 0. The Morgan fingerprint density at radius 2 is 1.50 bits per heavy atom. The molecule has 0 radical (unpaired) electrons. The van der Waals surface area contributed by atoms with Gasteiger partial charge in [-0.25, -0.2) is 0 Å². The van der Waals surface area contributed by atoms with E-state index in [1.54, 1.807) is 13.8 Å². The molecule has 14 heteroatoms. The molecule has 0 saturated carbocycles. The van der Waals surface area contributed by atoms with Gasteiger partial charge in [0.2, 0.25) is 12.3 Å². The van der Waals surface area contributed by atoms with E-state index >= 15 is 0 Å². The highest BCUT2D eigenvalue weighted by atomic mass is 19.4. The summed E-state index contributed by atoms with van der Waals surface area (Å²) < 4.78 is 126. The average Bonchev–Trinajstić information content (AvgIpc) is 2.99. The number of ether oxygens (including phenoxy) is 1. The largest absolute Gasteiger partial charge is 0.416 e. The minimum Gasteiger partial charge on any atom is -0.351 e. The molecule has 1 aliphatic rings. The van der Waals surface area contributed by atoms with Gasteiger partial charge in [0.05, 0.1) is 28.8 Å². The molecular weight excluding hydrogens is 559 g/mol. The Morgan fingerprint density at radius 1 is 0.950 bits per heavy atom. The first-order valence-electron chi connectivity index (χ1n) is 12.2. The molecule has 0 aliphatic carbocycles. The van der Waals surface area contributed by atoms with Crippen LogP contribution in [0.1, 0.15) is 67.5 Å². The number of rotatable bonds is 6. The molecule has 3 rings (SSSR count). The molecule has 1 aliphatic heterocycles. The lowest BCUT2D eigenvalue weighted by Crippen LogP contribution is -2.39. The number of aliphatic hydroxyl groups is 1. The predicted molar refractivity (Wildman–Crippen MR) is 126 cm³/mol. The molecule has 222 valence electrons. The maximum atomic E-state index is 13.6. The van der Waals surface area contributed by atoms with Crippen LogP contribution in [0.5, 0.6) is 0 Å². The standard InChI is InChI=1S/C26H27F9N2O3/c1-14(2)40-23(39)36-8-4-5-21(20-7-6-17(12-22(20)36)24(27,28)29)37(15(3)38)13-16-9-18(25(30,31)32)11-19(10-16)26(33,34)35/h6-7,9-12,14,21,23,39H,4-5,8,13H2,1-3H3. The molecular formula is C26H27F9N2O3. The topological polar surface area (TPSA) is 53.0 Å². The average molecular weight is 586 g/mol. The highest BCUT2D eigenvalue weighted by Crippen LogP contribution is 2.43. The van der Waals surface area contributed by atoms with Gasteiger partial charge in [-0.05, 0) is 68.1 Å². The van der Waals surface area contributed by atoms with Crippen LogP contribution in [0.4, 0.5) is 45.2 Å². The summed E-state index contributed by atoms with van der Waals surface area (Å²) in [5.74, 6) is -0.728. The van der Waals surface area contributed by atoms with Crippen LogP contribution in [0.2, 0.25) is 0 Å². The van der Waals surface area contributed by atoms with E-state index in [9.17, 15) is 49.4 Å². The van der Waals surface area contributed by atoms with Crippen molar-refractivity contribution in [3.8, 4) is 0 Å². The summed E-state index contributed by atoms with van der Waals surface area (Å²) in [6, 6.07) is 2.56. The number of fused-ring (bicyclic) bond motifs is 1. The first-order chi connectivity index (χ1) is 18.3. The van der Waals surface area contributed by atoms with Crippen LogP contribution in [0.25, 0.3) is 0 Å². The predicted octanol–water partition coefficient (Wildman–Crippen LogP) is 7.13. The maximum Gasteiger partial charge on any atom is 0.416 e. The van der Waals surface area contributed by atoms with Gasteiger partial charge in [-0.1, -0.05) is 6.07 Å². The van der Waals surface area contributed by atoms with Gasteiger partial charge in [0.25, 0.3) is 0 Å². The minimum absolute atomic E-state index is 0.00772. The van der Waals surface area contributed by atoms with Crippen molar-refractivity contribution in [1.82, 2.24) is 4.90 Å². The Kier molecular flexibility index (Phi) is 9.04. The number of hydrogen-bond donors (Lipinski definition) is 1. The van der Waals surface area contributed by atoms with E-state index in [0.29, 0.717) is 12.1 Å². The van der Waals surface area contributed by atoms with Crippen LogP contribution in [0, 0.1) is 0 Å². The first-order valence-corrected chi connectivity index (χ1v) is 12.2. The highest BCUT2D eigenvalue weighted by Gasteiger charge is 2.39. The molecule has 0 aromatic heterocycles. The van der Waals surface area contributed by atoms with E-state index in [2.05, 4.69) is 0 Å².